The smallest absolute Gasteiger partial charge is 0.306 e. The van der Waals surface area contributed by atoms with Crippen LogP contribution in [0, 0.1) is 0 Å². The Balaban J connectivity index is -0.000000402. The van der Waals surface area contributed by atoms with Crippen LogP contribution in [-0.4, -0.2) is 60.4 Å². The van der Waals surface area contributed by atoms with E-state index in [0.29, 0.717) is 11.0 Å². The van der Waals surface area contributed by atoms with Gasteiger partial charge in [-0.3, -0.25) is 4.79 Å². The van der Waals surface area contributed by atoms with Crippen molar-refractivity contribution in [2.75, 3.05) is 27.7 Å². The van der Waals surface area contributed by atoms with Crippen molar-refractivity contribution in [3.05, 3.63) is 0 Å². The molecule has 0 fully saturated rings. The fourth-order valence-corrected chi connectivity index (χ4v) is 2.48. The average molecular weight is 397 g/mol. The molecule has 158 valence electrons. The zero-order valence-electron chi connectivity index (χ0n) is 17.0. The second kappa shape index (κ2) is 18.9. The summed E-state index contributed by atoms with van der Waals surface area (Å²) >= 11 is 0. The lowest BCUT2D eigenvalue weighted by Crippen LogP contribution is -3.00. The van der Waals surface area contributed by atoms with E-state index < -0.39 is 18.0 Å². The molecule has 1 unspecified atom stereocenters. The van der Waals surface area contributed by atoms with Gasteiger partial charge in [-0.25, -0.2) is 0 Å². The summed E-state index contributed by atoms with van der Waals surface area (Å²) in [6.45, 7) is 2.69. The molecule has 0 radical (unpaired) electrons. The van der Waals surface area contributed by atoms with Gasteiger partial charge in [-0.1, -0.05) is 58.3 Å². The number of carboxylic acid groups (broad SMARTS) is 2. The maximum Gasteiger partial charge on any atom is 0.306 e. The van der Waals surface area contributed by atoms with Crippen molar-refractivity contribution in [2.45, 2.75) is 83.7 Å². The summed E-state index contributed by atoms with van der Waals surface area (Å²) in [5, 5.41) is 27.6. The van der Waals surface area contributed by atoms with Gasteiger partial charge in [0.05, 0.1) is 27.6 Å². The summed E-state index contributed by atoms with van der Waals surface area (Å²) in [6, 6.07) is 0. The quantitative estimate of drug-likeness (QED) is 0.295. The molecule has 1 atom stereocenters. The molecule has 6 nitrogen and oxygen atoms in total. The Labute approximate surface area is 165 Å². The van der Waals surface area contributed by atoms with Crippen LogP contribution in [0.25, 0.3) is 0 Å². The minimum atomic E-state index is -0.953. The number of aliphatic hydroxyl groups excluding tert-OH is 1. The molecule has 0 saturated heterocycles. The summed E-state index contributed by atoms with van der Waals surface area (Å²) in [4.78, 5) is 20.2. The molecule has 0 aliphatic carbocycles. The molecular formula is C19H39ClNO5-. The fourth-order valence-electron chi connectivity index (χ4n) is 2.48. The predicted octanol–water partition coefficient (Wildman–Crippen LogP) is -0.811. The summed E-state index contributed by atoms with van der Waals surface area (Å²) in [5.74, 6) is -1.86. The molecule has 0 aliphatic heterocycles. The Bertz CT molecular complexity index is 345. The first kappa shape index (κ1) is 29.9. The van der Waals surface area contributed by atoms with E-state index in [9.17, 15) is 14.7 Å². The Morgan fingerprint density at radius 2 is 1.35 bits per heavy atom. The van der Waals surface area contributed by atoms with E-state index >= 15 is 0 Å². The number of hydrogen-bond donors (Lipinski definition) is 2. The van der Waals surface area contributed by atoms with Gasteiger partial charge < -0.3 is 37.0 Å². The van der Waals surface area contributed by atoms with Crippen LogP contribution >= 0.6 is 0 Å². The van der Waals surface area contributed by atoms with Crippen molar-refractivity contribution in [2.24, 2.45) is 0 Å². The SMILES string of the molecule is CCCCCCCCCCCC(=O)[O-].C[N+](C)(C)CC(O)CC(=O)O.[Cl-]. The van der Waals surface area contributed by atoms with Gasteiger partial charge in [-0.15, -0.1) is 0 Å². The zero-order valence-corrected chi connectivity index (χ0v) is 17.8. The van der Waals surface area contributed by atoms with E-state index in [0.717, 1.165) is 12.8 Å². The number of likely N-dealkylation sites (N-methyl/N-ethyl adjacent to an activating group) is 1. The monoisotopic (exact) mass is 396 g/mol. The number of aliphatic carboxylic acids is 2. The number of carboxylic acids is 2. The number of carbonyl (C=O) groups is 2. The van der Waals surface area contributed by atoms with Gasteiger partial charge in [-0.2, -0.15) is 0 Å². The highest BCUT2D eigenvalue weighted by atomic mass is 35.5. The fraction of sp³-hybridized carbons (Fsp3) is 0.895. The molecule has 2 N–H and O–H groups in total. The number of unbranched alkanes of at least 4 members (excludes halogenated alkanes) is 8. The summed E-state index contributed by atoms with van der Waals surface area (Å²) in [7, 11) is 5.72. The number of aliphatic hydroxyl groups is 1. The van der Waals surface area contributed by atoms with Gasteiger partial charge in [0.15, 0.2) is 0 Å². The van der Waals surface area contributed by atoms with E-state index in [1.54, 1.807) is 0 Å². The second-order valence-electron chi connectivity index (χ2n) is 7.68. The molecule has 0 aromatic rings. The molecule has 0 spiro atoms. The van der Waals surface area contributed by atoms with Crippen LogP contribution in [0.3, 0.4) is 0 Å². The Hall–Kier alpha value is -0.850. The second-order valence-corrected chi connectivity index (χ2v) is 7.68. The molecule has 0 saturated carbocycles. The van der Waals surface area contributed by atoms with Crippen molar-refractivity contribution in [3.63, 3.8) is 0 Å². The molecule has 0 amide bonds. The van der Waals surface area contributed by atoms with Crippen molar-refractivity contribution in [1.29, 1.82) is 0 Å². The van der Waals surface area contributed by atoms with Gasteiger partial charge in [0.25, 0.3) is 0 Å². The Kier molecular flexibility index (Phi) is 21.8. The zero-order chi connectivity index (χ0) is 19.7. The maximum absolute atomic E-state index is 10.1. The minimum absolute atomic E-state index is 0. The lowest BCUT2D eigenvalue weighted by molar-refractivity contribution is -0.873. The first-order chi connectivity index (χ1) is 11.6. The van der Waals surface area contributed by atoms with Gasteiger partial charge in [0, 0.05) is 5.97 Å². The van der Waals surface area contributed by atoms with E-state index in [1.807, 2.05) is 21.1 Å². The molecule has 0 aromatic heterocycles. The van der Waals surface area contributed by atoms with Crippen LogP contribution in [0.2, 0.25) is 0 Å². The topological polar surface area (TPSA) is 97.7 Å². The van der Waals surface area contributed by atoms with Crippen LogP contribution in [0.15, 0.2) is 0 Å². The van der Waals surface area contributed by atoms with Crippen LogP contribution in [0.4, 0.5) is 0 Å². The van der Waals surface area contributed by atoms with E-state index in [-0.39, 0.29) is 25.2 Å². The first-order valence-corrected chi connectivity index (χ1v) is 9.48. The molecular weight excluding hydrogens is 358 g/mol. The standard InChI is InChI=1S/C12H24O2.C7H15NO3.ClH/c1-2-3-4-5-6-7-8-9-10-11-12(13)14;1-8(2,3)5-6(9)4-7(10)11;/h2-11H2,1H3,(H,13,14);6,9H,4-5H2,1-3H3;1H/p-1. The number of nitrogens with zero attached hydrogens (tertiary/aromatic N) is 1. The van der Waals surface area contributed by atoms with Gasteiger partial charge in [0.2, 0.25) is 0 Å². The Morgan fingerprint density at radius 1 is 0.923 bits per heavy atom. The lowest BCUT2D eigenvalue weighted by atomic mass is 10.1. The van der Waals surface area contributed by atoms with Crippen molar-refractivity contribution >= 4 is 11.9 Å². The third-order valence-electron chi connectivity index (χ3n) is 3.65. The van der Waals surface area contributed by atoms with Crippen LogP contribution in [-0.2, 0) is 9.59 Å². The Morgan fingerprint density at radius 3 is 1.69 bits per heavy atom. The number of hydrogen-bond acceptors (Lipinski definition) is 4. The van der Waals surface area contributed by atoms with Crippen molar-refractivity contribution < 1.29 is 41.8 Å². The van der Waals surface area contributed by atoms with E-state index in [1.165, 1.54) is 44.9 Å². The molecule has 0 aliphatic rings. The van der Waals surface area contributed by atoms with Crippen LogP contribution in [0.1, 0.15) is 77.6 Å². The normalized spacial score (nSPS) is 11.7. The number of quaternary nitrogens is 1. The molecule has 0 heterocycles. The molecule has 0 aromatic carbocycles. The summed E-state index contributed by atoms with van der Waals surface area (Å²) < 4.78 is 0.578. The van der Waals surface area contributed by atoms with Gasteiger partial charge in [0.1, 0.15) is 12.6 Å². The highest BCUT2D eigenvalue weighted by molar-refractivity contribution is 5.67. The minimum Gasteiger partial charge on any atom is -1.00 e. The lowest BCUT2D eigenvalue weighted by Gasteiger charge is -2.25. The molecule has 0 rings (SSSR count). The van der Waals surface area contributed by atoms with Crippen LogP contribution in [0.5, 0.6) is 0 Å². The first-order valence-electron chi connectivity index (χ1n) is 9.48. The largest absolute Gasteiger partial charge is 1.00 e. The third-order valence-corrected chi connectivity index (χ3v) is 3.65. The average Bonchev–Trinajstić information content (AvgIpc) is 2.43. The van der Waals surface area contributed by atoms with Crippen molar-refractivity contribution in [1.82, 2.24) is 0 Å². The molecule has 26 heavy (non-hydrogen) atoms. The number of rotatable bonds is 14. The van der Waals surface area contributed by atoms with Gasteiger partial charge >= 0.3 is 5.97 Å². The van der Waals surface area contributed by atoms with E-state index in [4.69, 9.17) is 10.2 Å². The summed E-state index contributed by atoms with van der Waals surface area (Å²) in [6.07, 6.45) is 10.2. The highest BCUT2D eigenvalue weighted by Gasteiger charge is 2.17. The predicted molar refractivity (Wildman–Crippen MR) is 98.0 cm³/mol. The highest BCUT2D eigenvalue weighted by Crippen LogP contribution is 2.10. The van der Waals surface area contributed by atoms with Gasteiger partial charge in [-0.05, 0) is 12.8 Å². The number of carbonyl (C=O) groups excluding carboxylic acids is 1. The van der Waals surface area contributed by atoms with E-state index in [2.05, 4.69) is 6.92 Å². The summed E-state index contributed by atoms with van der Waals surface area (Å²) in [5.41, 5.74) is 0. The molecule has 0 bridgehead atoms. The number of halogens is 1. The van der Waals surface area contributed by atoms with Crippen molar-refractivity contribution in [3.8, 4) is 0 Å². The maximum atomic E-state index is 10.1. The van der Waals surface area contributed by atoms with Crippen LogP contribution < -0.4 is 17.5 Å². The third kappa shape index (κ3) is 31.0. The molecule has 7 heteroatoms.